The number of piperazine rings is 1. The Morgan fingerprint density at radius 3 is 2.38 bits per heavy atom. The molecule has 71 heavy (non-hydrogen) atoms. The summed E-state index contributed by atoms with van der Waals surface area (Å²) in [6.45, 7) is 12.0. The van der Waals surface area contributed by atoms with Gasteiger partial charge in [0.1, 0.15) is 28.9 Å². The number of ether oxygens (including phenoxy) is 1. The lowest BCUT2D eigenvalue weighted by Crippen LogP contribution is -2.53. The van der Waals surface area contributed by atoms with Crippen molar-refractivity contribution < 1.29 is 41.8 Å². The summed E-state index contributed by atoms with van der Waals surface area (Å²) in [6.07, 6.45) is 4.93. The number of piperidine rings is 3. The maximum absolute atomic E-state index is 16.7. The number of aromatic nitrogens is 4. The maximum Gasteiger partial charge on any atom is 0.418 e. The first kappa shape index (κ1) is 47.6. The first-order valence-corrected chi connectivity index (χ1v) is 25.1. The number of nitrogen functional groups attached to an aromatic ring is 1. The van der Waals surface area contributed by atoms with E-state index in [1.54, 1.807) is 11.8 Å². The molecule has 3 aromatic heterocycles. The van der Waals surface area contributed by atoms with Crippen LogP contribution in [0.3, 0.4) is 0 Å². The van der Waals surface area contributed by atoms with Gasteiger partial charge in [0, 0.05) is 93.7 Å². The molecule has 8 heterocycles. The lowest BCUT2D eigenvalue weighted by molar-refractivity contribution is -0.138. The standard InChI is InChI=1S/C51H61F4N11O5/c1-30-40(51(53,54)55)35(21-38(56)58-30)42-41(52)43-36(24-57-42)44(65-13-3-8-48(2,70)27-65)61-47(60-43)71-29-50(9-10-50)28-63-14-11-49(12-15-63)22-31(23-49)25-62-16-18-64(19-17-62)33-4-5-34-32(20-33)26-66(46(34)69)37-6-7-39(67)59-45(37)68/h4-5,20-21,24,31,37,70H,3,6-19,22-23,25-29H2,1-2H3,(H2,56,58)(H,59,67,68)/t37-,48+/m0/s1. The number of anilines is 3. The van der Waals surface area contributed by atoms with Crippen LogP contribution in [0.2, 0.25) is 0 Å². The minimum atomic E-state index is -4.85. The Bertz CT molecular complexity index is 2780. The van der Waals surface area contributed by atoms with Crippen molar-refractivity contribution in [3.63, 3.8) is 0 Å². The fourth-order valence-corrected chi connectivity index (χ4v) is 12.6. The summed E-state index contributed by atoms with van der Waals surface area (Å²) in [6, 6.07) is 6.26. The molecule has 1 aromatic carbocycles. The molecule has 378 valence electrons. The van der Waals surface area contributed by atoms with Crippen molar-refractivity contribution >= 4 is 45.9 Å². The molecule has 4 aromatic rings. The quantitative estimate of drug-likeness (QED) is 0.122. The molecule has 2 atom stereocenters. The largest absolute Gasteiger partial charge is 0.463 e. The van der Waals surface area contributed by atoms with Crippen molar-refractivity contribution in [3.05, 3.63) is 58.7 Å². The van der Waals surface area contributed by atoms with E-state index in [9.17, 15) is 32.7 Å². The van der Waals surface area contributed by atoms with Gasteiger partial charge in [-0.15, -0.1) is 0 Å². The van der Waals surface area contributed by atoms with Crippen LogP contribution in [-0.2, 0) is 22.3 Å². The molecule has 16 nitrogen and oxygen atoms in total. The number of nitrogens with zero attached hydrogens (tertiary/aromatic N) is 9. The van der Waals surface area contributed by atoms with Gasteiger partial charge in [-0.05, 0) is 126 Å². The van der Waals surface area contributed by atoms with Gasteiger partial charge in [0.05, 0.1) is 28.9 Å². The Kier molecular flexibility index (Phi) is 11.9. The number of hydrogen-bond donors (Lipinski definition) is 3. The van der Waals surface area contributed by atoms with Crippen LogP contribution in [0.15, 0.2) is 30.5 Å². The number of rotatable bonds is 11. The molecular formula is C51H61F4N11O5. The monoisotopic (exact) mass is 983 g/mol. The summed E-state index contributed by atoms with van der Waals surface area (Å²) in [5.41, 5.74) is 4.91. The van der Waals surface area contributed by atoms with Gasteiger partial charge >= 0.3 is 12.2 Å². The number of carbonyl (C=O) groups is 3. The minimum absolute atomic E-state index is 0.0814. The Balaban J connectivity index is 0.687. The summed E-state index contributed by atoms with van der Waals surface area (Å²) in [5, 5.41) is 13.6. The second kappa shape index (κ2) is 17.8. The predicted octanol–water partition coefficient (Wildman–Crippen LogP) is 5.72. The average Bonchev–Trinajstić information content (AvgIpc) is 4.00. The molecule has 1 spiro atoms. The zero-order chi connectivity index (χ0) is 49.6. The molecule has 2 saturated carbocycles. The number of pyridine rings is 2. The first-order valence-electron chi connectivity index (χ1n) is 25.1. The van der Waals surface area contributed by atoms with Gasteiger partial charge in [-0.2, -0.15) is 23.1 Å². The molecule has 5 aliphatic heterocycles. The van der Waals surface area contributed by atoms with E-state index in [-0.39, 0.29) is 52.9 Å². The maximum atomic E-state index is 16.7. The second-order valence-electron chi connectivity index (χ2n) is 22.0. The van der Waals surface area contributed by atoms with Crippen LogP contribution in [0.5, 0.6) is 6.01 Å². The van der Waals surface area contributed by atoms with Crippen LogP contribution < -0.4 is 25.6 Å². The van der Waals surface area contributed by atoms with Gasteiger partial charge in [0.2, 0.25) is 11.8 Å². The number of aliphatic hydroxyl groups is 1. The summed E-state index contributed by atoms with van der Waals surface area (Å²) < 4.78 is 66.2. The number of aryl methyl sites for hydroxylation is 1. The van der Waals surface area contributed by atoms with E-state index >= 15 is 4.39 Å². The molecule has 2 aliphatic carbocycles. The highest BCUT2D eigenvalue weighted by Crippen LogP contribution is 2.54. The first-order chi connectivity index (χ1) is 33.8. The smallest absolute Gasteiger partial charge is 0.418 e. The summed E-state index contributed by atoms with van der Waals surface area (Å²) in [5.74, 6) is -1.13. The minimum Gasteiger partial charge on any atom is -0.463 e. The van der Waals surface area contributed by atoms with Crippen LogP contribution >= 0.6 is 0 Å². The van der Waals surface area contributed by atoms with Gasteiger partial charge in [-0.3, -0.25) is 29.6 Å². The molecule has 0 unspecified atom stereocenters. The van der Waals surface area contributed by atoms with Crippen molar-refractivity contribution in [2.75, 3.05) is 87.6 Å². The molecule has 11 rings (SSSR count). The third kappa shape index (κ3) is 9.35. The van der Waals surface area contributed by atoms with Gasteiger partial charge in [0.15, 0.2) is 5.82 Å². The SMILES string of the molecule is Cc1nc(N)cc(-c2ncc3c(N4CCC[C@@](C)(O)C4)nc(OCC4(CN5CCC6(CC5)CC(CN5CCN(c7ccc8c(c7)CN([C@H]7CCC(=O)NC7=O)C8=O)CC5)C6)CC4)nc3c2F)c1C(F)(F)F. The number of carbonyl (C=O) groups excluding carboxylic acids is 3. The molecule has 4 N–H and O–H groups in total. The van der Waals surface area contributed by atoms with Crippen LogP contribution in [0.1, 0.15) is 98.3 Å². The van der Waals surface area contributed by atoms with Crippen molar-refractivity contribution in [2.24, 2.45) is 16.7 Å². The van der Waals surface area contributed by atoms with Crippen molar-refractivity contribution in [2.45, 2.75) is 102 Å². The van der Waals surface area contributed by atoms with Crippen LogP contribution in [0.4, 0.5) is 34.9 Å². The van der Waals surface area contributed by atoms with Gasteiger partial charge < -0.3 is 35.2 Å². The van der Waals surface area contributed by atoms with Crippen LogP contribution in [-0.4, -0.2) is 141 Å². The predicted molar refractivity (Wildman–Crippen MR) is 256 cm³/mol. The molecule has 6 fully saturated rings. The fraction of sp³-hybridized carbons (Fsp3) is 0.588. The van der Waals surface area contributed by atoms with Crippen molar-refractivity contribution in [3.8, 4) is 17.3 Å². The number of likely N-dealkylation sites (tertiary alicyclic amines) is 1. The van der Waals surface area contributed by atoms with E-state index in [1.807, 2.05) is 17.0 Å². The lowest BCUT2D eigenvalue weighted by atomic mass is 9.57. The number of fused-ring (bicyclic) bond motifs is 2. The molecule has 4 saturated heterocycles. The Morgan fingerprint density at radius 2 is 1.68 bits per heavy atom. The number of β-amino-alcohol motifs (C(OH)–C–C–N with tert-alkyl or cyclic N) is 1. The van der Waals surface area contributed by atoms with E-state index in [4.69, 9.17) is 15.5 Å². The molecule has 0 radical (unpaired) electrons. The average molecular weight is 984 g/mol. The normalized spacial score (nSPS) is 24.9. The zero-order valence-electron chi connectivity index (χ0n) is 40.3. The van der Waals surface area contributed by atoms with E-state index in [1.165, 1.54) is 26.0 Å². The Morgan fingerprint density at radius 1 is 0.915 bits per heavy atom. The van der Waals surface area contributed by atoms with Gasteiger partial charge in [-0.25, -0.2) is 9.37 Å². The number of hydrogen-bond acceptors (Lipinski definition) is 14. The molecule has 7 aliphatic rings. The van der Waals surface area contributed by atoms with Gasteiger partial charge in [0.25, 0.3) is 5.91 Å². The summed E-state index contributed by atoms with van der Waals surface area (Å²) >= 11 is 0. The molecule has 20 heteroatoms. The Labute approximate surface area is 409 Å². The summed E-state index contributed by atoms with van der Waals surface area (Å²) in [4.78, 5) is 65.6. The number of nitrogens with two attached hydrogens (primary N) is 1. The van der Waals surface area contributed by atoms with Crippen molar-refractivity contribution in [1.82, 2.24) is 40.0 Å². The van der Waals surface area contributed by atoms with E-state index in [2.05, 4.69) is 41.0 Å². The third-order valence-corrected chi connectivity index (χ3v) is 16.5. The highest BCUT2D eigenvalue weighted by molar-refractivity contribution is 6.05. The zero-order valence-corrected chi connectivity index (χ0v) is 40.3. The van der Waals surface area contributed by atoms with E-state index in [0.717, 1.165) is 95.4 Å². The molecular weight excluding hydrogens is 923 g/mol. The van der Waals surface area contributed by atoms with Crippen LogP contribution in [0, 0.1) is 29.5 Å². The number of benzene rings is 1. The highest BCUT2D eigenvalue weighted by atomic mass is 19.4. The summed E-state index contributed by atoms with van der Waals surface area (Å²) in [7, 11) is 0. The number of nitrogens with one attached hydrogen (secondary N) is 1. The number of imide groups is 1. The highest BCUT2D eigenvalue weighted by Gasteiger charge is 2.50. The van der Waals surface area contributed by atoms with Gasteiger partial charge in [-0.1, -0.05) is 0 Å². The fourth-order valence-electron chi connectivity index (χ4n) is 12.6. The van der Waals surface area contributed by atoms with E-state index in [0.29, 0.717) is 61.7 Å². The second-order valence-corrected chi connectivity index (χ2v) is 22.0. The molecule has 3 amide bonds. The number of halogens is 4. The van der Waals surface area contributed by atoms with E-state index < -0.39 is 52.1 Å². The van der Waals surface area contributed by atoms with Crippen molar-refractivity contribution in [1.29, 1.82) is 0 Å². The molecule has 0 bridgehead atoms. The van der Waals surface area contributed by atoms with Crippen LogP contribution in [0.25, 0.3) is 22.2 Å². The number of amides is 3. The lowest BCUT2D eigenvalue weighted by Gasteiger charge is -2.54. The Hall–Kier alpha value is -5.73. The topological polar surface area (TPSA) is 186 Å². The third-order valence-electron chi connectivity index (χ3n) is 16.5. The number of alkyl halides is 3.